The van der Waals surface area contributed by atoms with E-state index in [-0.39, 0.29) is 17.3 Å². The van der Waals surface area contributed by atoms with Crippen LogP contribution in [0.2, 0.25) is 5.02 Å². The Bertz CT molecular complexity index is 795. The van der Waals surface area contributed by atoms with E-state index in [2.05, 4.69) is 4.98 Å². The molecule has 0 bridgehead atoms. The SMILES string of the molecule is CN(Cc1cccnc1)C(=O)CN(C)S(=O)(=O)c1ccc(Cl)cc1. The van der Waals surface area contributed by atoms with E-state index in [1.54, 1.807) is 25.5 Å². The van der Waals surface area contributed by atoms with Crippen LogP contribution in [0.1, 0.15) is 5.56 Å². The van der Waals surface area contributed by atoms with Gasteiger partial charge in [-0.15, -0.1) is 0 Å². The molecule has 1 amide bonds. The van der Waals surface area contributed by atoms with E-state index < -0.39 is 10.0 Å². The number of hydrogen-bond acceptors (Lipinski definition) is 4. The smallest absolute Gasteiger partial charge is 0.243 e. The summed E-state index contributed by atoms with van der Waals surface area (Å²) in [5, 5.41) is 0.448. The lowest BCUT2D eigenvalue weighted by molar-refractivity contribution is -0.130. The van der Waals surface area contributed by atoms with Crippen molar-refractivity contribution in [2.45, 2.75) is 11.4 Å². The molecule has 24 heavy (non-hydrogen) atoms. The Kier molecular flexibility index (Phi) is 5.93. The fourth-order valence-corrected chi connectivity index (χ4v) is 3.28. The van der Waals surface area contributed by atoms with Gasteiger partial charge in [0.05, 0.1) is 11.4 Å². The molecule has 0 aliphatic carbocycles. The van der Waals surface area contributed by atoms with Gasteiger partial charge in [-0.05, 0) is 35.9 Å². The quantitative estimate of drug-likeness (QED) is 0.783. The second kappa shape index (κ2) is 7.74. The molecular formula is C16H18ClN3O3S. The molecule has 0 aliphatic heterocycles. The first-order valence-electron chi connectivity index (χ1n) is 7.15. The zero-order chi connectivity index (χ0) is 17.7. The summed E-state index contributed by atoms with van der Waals surface area (Å²) in [5.41, 5.74) is 0.872. The lowest BCUT2D eigenvalue weighted by Gasteiger charge is -2.22. The van der Waals surface area contributed by atoms with Crippen LogP contribution in [0, 0.1) is 0 Å². The molecule has 1 aromatic heterocycles. The molecule has 6 nitrogen and oxygen atoms in total. The van der Waals surface area contributed by atoms with Crippen LogP contribution in [0.4, 0.5) is 0 Å². The summed E-state index contributed by atoms with van der Waals surface area (Å²) < 4.78 is 26.0. The first kappa shape index (κ1) is 18.4. The largest absolute Gasteiger partial charge is 0.340 e. The van der Waals surface area contributed by atoms with Crippen molar-refractivity contribution in [1.82, 2.24) is 14.2 Å². The number of halogens is 1. The molecule has 0 spiro atoms. The number of sulfonamides is 1. The van der Waals surface area contributed by atoms with E-state index in [1.807, 2.05) is 6.07 Å². The van der Waals surface area contributed by atoms with Crippen molar-refractivity contribution in [3.63, 3.8) is 0 Å². The molecular weight excluding hydrogens is 350 g/mol. The first-order chi connectivity index (χ1) is 11.3. The highest BCUT2D eigenvalue weighted by Crippen LogP contribution is 2.17. The number of nitrogens with zero attached hydrogens (tertiary/aromatic N) is 3. The summed E-state index contributed by atoms with van der Waals surface area (Å²) >= 11 is 5.77. The van der Waals surface area contributed by atoms with Crippen LogP contribution in [0.5, 0.6) is 0 Å². The van der Waals surface area contributed by atoms with E-state index in [1.165, 1.54) is 36.2 Å². The van der Waals surface area contributed by atoms with Gasteiger partial charge >= 0.3 is 0 Å². The van der Waals surface area contributed by atoms with E-state index >= 15 is 0 Å². The highest BCUT2D eigenvalue weighted by atomic mass is 35.5. The molecule has 0 saturated carbocycles. The van der Waals surface area contributed by atoms with Gasteiger partial charge in [0.25, 0.3) is 0 Å². The Hall–Kier alpha value is -1.96. The van der Waals surface area contributed by atoms with Crippen molar-refractivity contribution in [1.29, 1.82) is 0 Å². The average Bonchev–Trinajstić information content (AvgIpc) is 2.56. The summed E-state index contributed by atoms with van der Waals surface area (Å²) in [6.45, 7) is 0.114. The van der Waals surface area contributed by atoms with Gasteiger partial charge in [0, 0.05) is 38.1 Å². The third-order valence-corrected chi connectivity index (χ3v) is 5.52. The van der Waals surface area contributed by atoms with Gasteiger partial charge in [0.2, 0.25) is 15.9 Å². The van der Waals surface area contributed by atoms with E-state index in [0.717, 1.165) is 9.87 Å². The van der Waals surface area contributed by atoms with Gasteiger partial charge in [0.1, 0.15) is 0 Å². The van der Waals surface area contributed by atoms with Gasteiger partial charge in [-0.2, -0.15) is 4.31 Å². The van der Waals surface area contributed by atoms with Crippen LogP contribution in [0.15, 0.2) is 53.7 Å². The maximum Gasteiger partial charge on any atom is 0.243 e. The first-order valence-corrected chi connectivity index (χ1v) is 8.97. The summed E-state index contributed by atoms with van der Waals surface area (Å²) in [4.78, 5) is 17.8. The molecule has 1 aromatic carbocycles. The third-order valence-electron chi connectivity index (χ3n) is 3.45. The van der Waals surface area contributed by atoms with Crippen molar-refractivity contribution in [2.24, 2.45) is 0 Å². The van der Waals surface area contributed by atoms with Crippen LogP contribution in [-0.4, -0.2) is 49.2 Å². The molecule has 1 heterocycles. The van der Waals surface area contributed by atoms with E-state index in [4.69, 9.17) is 11.6 Å². The molecule has 0 fully saturated rings. The van der Waals surface area contributed by atoms with Crippen molar-refractivity contribution in [3.05, 3.63) is 59.4 Å². The van der Waals surface area contributed by atoms with Crippen molar-refractivity contribution in [3.8, 4) is 0 Å². The molecule has 2 rings (SSSR count). The van der Waals surface area contributed by atoms with Crippen molar-refractivity contribution in [2.75, 3.05) is 20.6 Å². The van der Waals surface area contributed by atoms with Crippen LogP contribution in [0.25, 0.3) is 0 Å². The number of benzene rings is 1. The minimum absolute atomic E-state index is 0.0945. The second-order valence-corrected chi connectivity index (χ2v) is 7.81. The molecule has 0 N–H and O–H groups in total. The van der Waals surface area contributed by atoms with E-state index in [0.29, 0.717) is 11.6 Å². The Morgan fingerprint density at radius 2 is 1.83 bits per heavy atom. The van der Waals surface area contributed by atoms with Gasteiger partial charge in [-0.25, -0.2) is 8.42 Å². The number of pyridine rings is 1. The predicted octanol–water partition coefficient (Wildman–Crippen LogP) is 2.01. The number of carbonyl (C=O) groups excluding carboxylic acids is 1. The summed E-state index contributed by atoms with van der Waals surface area (Å²) in [5.74, 6) is -0.307. The Balaban J connectivity index is 2.03. The highest BCUT2D eigenvalue weighted by molar-refractivity contribution is 7.89. The number of likely N-dealkylation sites (N-methyl/N-ethyl adjacent to an activating group) is 2. The molecule has 128 valence electrons. The maximum atomic E-state index is 12.5. The van der Waals surface area contributed by atoms with Crippen molar-refractivity contribution >= 4 is 27.5 Å². The van der Waals surface area contributed by atoms with Crippen LogP contribution < -0.4 is 0 Å². The van der Waals surface area contributed by atoms with Gasteiger partial charge in [-0.3, -0.25) is 9.78 Å². The lowest BCUT2D eigenvalue weighted by atomic mass is 10.3. The summed E-state index contributed by atoms with van der Waals surface area (Å²) in [7, 11) is -0.744. The van der Waals surface area contributed by atoms with Crippen LogP contribution in [-0.2, 0) is 21.4 Å². The molecule has 8 heteroatoms. The summed E-state index contributed by atoms with van der Waals surface area (Å²) in [6, 6.07) is 9.46. The monoisotopic (exact) mass is 367 g/mol. The number of rotatable bonds is 6. The zero-order valence-corrected chi connectivity index (χ0v) is 15.0. The normalized spacial score (nSPS) is 11.5. The third kappa shape index (κ3) is 4.53. The topological polar surface area (TPSA) is 70.6 Å². The minimum Gasteiger partial charge on any atom is -0.340 e. The number of carbonyl (C=O) groups is 1. The number of aromatic nitrogens is 1. The van der Waals surface area contributed by atoms with Crippen LogP contribution >= 0.6 is 11.6 Å². The average molecular weight is 368 g/mol. The number of hydrogen-bond donors (Lipinski definition) is 0. The molecule has 0 radical (unpaired) electrons. The highest BCUT2D eigenvalue weighted by Gasteiger charge is 2.24. The molecule has 2 aromatic rings. The van der Waals surface area contributed by atoms with E-state index in [9.17, 15) is 13.2 Å². The Labute approximate surface area is 146 Å². The standard InChI is InChI=1S/C16H18ClN3O3S/c1-19(11-13-4-3-9-18-10-13)16(21)12-20(2)24(22,23)15-7-5-14(17)6-8-15/h3-10H,11-12H2,1-2H3. The molecule has 0 saturated heterocycles. The second-order valence-electron chi connectivity index (χ2n) is 5.33. The van der Waals surface area contributed by atoms with Crippen molar-refractivity contribution < 1.29 is 13.2 Å². The fraction of sp³-hybridized carbons (Fsp3) is 0.250. The zero-order valence-electron chi connectivity index (χ0n) is 13.4. The molecule has 0 atom stereocenters. The molecule has 0 unspecified atom stereocenters. The Morgan fingerprint density at radius 3 is 2.42 bits per heavy atom. The minimum atomic E-state index is -3.74. The van der Waals surface area contributed by atoms with Crippen LogP contribution in [0.3, 0.4) is 0 Å². The summed E-state index contributed by atoms with van der Waals surface area (Å²) in [6.07, 6.45) is 3.32. The van der Waals surface area contributed by atoms with Gasteiger partial charge in [-0.1, -0.05) is 17.7 Å². The molecule has 0 aliphatic rings. The predicted molar refractivity (Wildman–Crippen MR) is 92.0 cm³/mol. The lowest BCUT2D eigenvalue weighted by Crippen LogP contribution is -2.39. The fourth-order valence-electron chi connectivity index (χ4n) is 2.04. The van der Waals surface area contributed by atoms with Gasteiger partial charge in [0.15, 0.2) is 0 Å². The number of amides is 1. The Morgan fingerprint density at radius 1 is 1.17 bits per heavy atom. The maximum absolute atomic E-state index is 12.5. The van der Waals surface area contributed by atoms with Gasteiger partial charge < -0.3 is 4.90 Å².